The minimum absolute atomic E-state index is 0.00784. The average Bonchev–Trinajstić information content (AvgIpc) is 2.62. The lowest BCUT2D eigenvalue weighted by Crippen LogP contribution is -2.43. The molecule has 2 aromatic carbocycles. The Morgan fingerprint density at radius 1 is 1.26 bits per heavy atom. The van der Waals surface area contributed by atoms with E-state index in [9.17, 15) is 0 Å². The number of rotatable bonds is 5. The molecular formula is C19H22ClNO2. The molecule has 1 unspecified atom stereocenters. The number of aryl methyl sites for hydroxylation is 1. The summed E-state index contributed by atoms with van der Waals surface area (Å²) in [6.45, 7) is 4.49. The molecule has 23 heavy (non-hydrogen) atoms. The molecule has 0 amide bonds. The highest BCUT2D eigenvalue weighted by atomic mass is 35.5. The Hall–Kier alpha value is -1.55. The summed E-state index contributed by atoms with van der Waals surface area (Å²) < 4.78 is 12.3. The van der Waals surface area contributed by atoms with Crippen LogP contribution in [0.2, 0.25) is 5.02 Å². The predicted octanol–water partition coefficient (Wildman–Crippen LogP) is 4.01. The SMILES string of the molecule is CCc1cc(Cl)ccc1OC(c1ccccc1)[C@@H]1CNCCO1. The van der Waals surface area contributed by atoms with Crippen molar-refractivity contribution in [1.29, 1.82) is 0 Å². The highest BCUT2D eigenvalue weighted by Gasteiger charge is 2.28. The summed E-state index contributed by atoms with van der Waals surface area (Å²) in [6.07, 6.45) is 0.725. The molecule has 0 saturated carbocycles. The van der Waals surface area contributed by atoms with Crippen molar-refractivity contribution in [1.82, 2.24) is 5.32 Å². The van der Waals surface area contributed by atoms with Crippen molar-refractivity contribution in [2.45, 2.75) is 25.6 Å². The number of benzene rings is 2. The van der Waals surface area contributed by atoms with Crippen molar-refractivity contribution in [3.8, 4) is 5.75 Å². The first-order valence-corrected chi connectivity index (χ1v) is 8.48. The summed E-state index contributed by atoms with van der Waals surface area (Å²) in [5, 5.41) is 4.12. The van der Waals surface area contributed by atoms with Crippen LogP contribution in [0.25, 0.3) is 0 Å². The Morgan fingerprint density at radius 2 is 2.09 bits per heavy atom. The standard InChI is InChI=1S/C19H22ClNO2/c1-2-14-12-16(20)8-9-17(14)23-19(15-6-4-3-5-7-15)18-13-21-10-11-22-18/h3-9,12,18-19,21H,2,10-11,13H2,1H3/t18-,19?/m0/s1. The van der Waals surface area contributed by atoms with E-state index >= 15 is 0 Å². The monoisotopic (exact) mass is 331 g/mol. The number of ether oxygens (including phenoxy) is 2. The van der Waals surface area contributed by atoms with Crippen molar-refractivity contribution >= 4 is 11.6 Å². The van der Waals surface area contributed by atoms with Crippen molar-refractivity contribution in [3.63, 3.8) is 0 Å². The number of halogens is 1. The van der Waals surface area contributed by atoms with E-state index in [1.165, 1.54) is 0 Å². The molecule has 3 nitrogen and oxygen atoms in total. The summed E-state index contributed by atoms with van der Waals surface area (Å²) >= 11 is 6.11. The smallest absolute Gasteiger partial charge is 0.151 e. The lowest BCUT2D eigenvalue weighted by Gasteiger charge is -2.32. The summed E-state index contributed by atoms with van der Waals surface area (Å²) in [5.74, 6) is 0.875. The molecule has 2 aromatic rings. The molecule has 1 saturated heterocycles. The fourth-order valence-corrected chi connectivity index (χ4v) is 3.05. The molecule has 1 fully saturated rings. The zero-order valence-corrected chi connectivity index (χ0v) is 14.1. The maximum Gasteiger partial charge on any atom is 0.151 e. The fourth-order valence-electron chi connectivity index (χ4n) is 2.86. The van der Waals surface area contributed by atoms with Gasteiger partial charge in [-0.15, -0.1) is 0 Å². The van der Waals surface area contributed by atoms with Crippen LogP contribution >= 0.6 is 11.6 Å². The first-order chi connectivity index (χ1) is 11.3. The van der Waals surface area contributed by atoms with Crippen molar-refractivity contribution in [2.75, 3.05) is 19.7 Å². The normalized spacial score (nSPS) is 19.3. The zero-order valence-electron chi connectivity index (χ0n) is 13.3. The van der Waals surface area contributed by atoms with Gasteiger partial charge in [0, 0.05) is 18.1 Å². The van der Waals surface area contributed by atoms with Crippen LogP contribution in [0.15, 0.2) is 48.5 Å². The molecule has 1 N–H and O–H groups in total. The summed E-state index contributed by atoms with van der Waals surface area (Å²) in [6, 6.07) is 16.0. The third-order valence-corrected chi connectivity index (χ3v) is 4.31. The van der Waals surface area contributed by atoms with Crippen LogP contribution < -0.4 is 10.1 Å². The molecule has 1 heterocycles. The van der Waals surface area contributed by atoms with Crippen LogP contribution in [-0.2, 0) is 11.2 Å². The highest BCUT2D eigenvalue weighted by molar-refractivity contribution is 6.30. The van der Waals surface area contributed by atoms with E-state index in [0.29, 0.717) is 6.61 Å². The highest BCUT2D eigenvalue weighted by Crippen LogP contribution is 2.31. The summed E-state index contributed by atoms with van der Waals surface area (Å²) in [5.41, 5.74) is 2.24. The number of hydrogen-bond acceptors (Lipinski definition) is 3. The molecule has 3 rings (SSSR count). The van der Waals surface area contributed by atoms with Crippen LogP contribution in [0, 0.1) is 0 Å². The molecule has 0 aromatic heterocycles. The Bertz CT molecular complexity index is 627. The van der Waals surface area contributed by atoms with Crippen molar-refractivity contribution < 1.29 is 9.47 Å². The van der Waals surface area contributed by atoms with Gasteiger partial charge >= 0.3 is 0 Å². The van der Waals surface area contributed by atoms with E-state index in [1.54, 1.807) is 0 Å². The Kier molecular flexibility index (Phi) is 5.55. The van der Waals surface area contributed by atoms with Gasteiger partial charge in [0.15, 0.2) is 6.10 Å². The molecule has 4 heteroatoms. The lowest BCUT2D eigenvalue weighted by atomic mass is 10.0. The van der Waals surface area contributed by atoms with E-state index in [2.05, 4.69) is 24.4 Å². The number of morpholine rings is 1. The third-order valence-electron chi connectivity index (χ3n) is 4.08. The maximum atomic E-state index is 6.39. The predicted molar refractivity (Wildman–Crippen MR) is 93.3 cm³/mol. The molecule has 1 aliphatic rings. The van der Waals surface area contributed by atoms with Gasteiger partial charge in [-0.1, -0.05) is 48.9 Å². The zero-order chi connectivity index (χ0) is 16.1. The van der Waals surface area contributed by atoms with Crippen LogP contribution in [-0.4, -0.2) is 25.8 Å². The molecule has 122 valence electrons. The van der Waals surface area contributed by atoms with E-state index in [1.807, 2.05) is 36.4 Å². The van der Waals surface area contributed by atoms with Gasteiger partial charge < -0.3 is 14.8 Å². The van der Waals surface area contributed by atoms with Gasteiger partial charge in [-0.3, -0.25) is 0 Å². The van der Waals surface area contributed by atoms with Gasteiger partial charge in [0.05, 0.1) is 6.61 Å². The maximum absolute atomic E-state index is 6.39. The summed E-state index contributed by atoms with van der Waals surface area (Å²) in [4.78, 5) is 0. The minimum Gasteiger partial charge on any atom is -0.483 e. The van der Waals surface area contributed by atoms with Crippen molar-refractivity contribution in [2.24, 2.45) is 0 Å². The van der Waals surface area contributed by atoms with Gasteiger partial charge in [-0.05, 0) is 35.7 Å². The van der Waals surface area contributed by atoms with Gasteiger partial charge in [0.25, 0.3) is 0 Å². The number of nitrogens with one attached hydrogen (secondary N) is 1. The Balaban J connectivity index is 1.89. The first-order valence-electron chi connectivity index (χ1n) is 8.10. The molecule has 0 spiro atoms. The molecule has 0 radical (unpaired) electrons. The molecule has 2 atom stereocenters. The quantitative estimate of drug-likeness (QED) is 0.898. The lowest BCUT2D eigenvalue weighted by molar-refractivity contribution is -0.0434. The fraction of sp³-hybridized carbons (Fsp3) is 0.368. The van der Waals surface area contributed by atoms with Crippen LogP contribution in [0.4, 0.5) is 0 Å². The molecule has 1 aliphatic heterocycles. The first kappa shape index (κ1) is 16.3. The van der Waals surface area contributed by atoms with Crippen molar-refractivity contribution in [3.05, 3.63) is 64.7 Å². The third kappa shape index (κ3) is 4.05. The van der Waals surface area contributed by atoms with Crippen LogP contribution in [0.1, 0.15) is 24.2 Å². The van der Waals surface area contributed by atoms with Gasteiger partial charge in [-0.2, -0.15) is 0 Å². The molecular weight excluding hydrogens is 310 g/mol. The van der Waals surface area contributed by atoms with Gasteiger partial charge in [0.2, 0.25) is 0 Å². The molecule has 0 aliphatic carbocycles. The van der Waals surface area contributed by atoms with Gasteiger partial charge in [0.1, 0.15) is 11.9 Å². The average molecular weight is 332 g/mol. The van der Waals surface area contributed by atoms with Gasteiger partial charge in [-0.25, -0.2) is 0 Å². The number of hydrogen-bond donors (Lipinski definition) is 1. The minimum atomic E-state index is -0.143. The molecule has 0 bridgehead atoms. The van der Waals surface area contributed by atoms with Crippen LogP contribution in [0.5, 0.6) is 5.75 Å². The second kappa shape index (κ2) is 7.82. The Morgan fingerprint density at radius 3 is 2.78 bits per heavy atom. The Labute approximate surface area is 142 Å². The van der Waals surface area contributed by atoms with E-state index < -0.39 is 0 Å². The topological polar surface area (TPSA) is 30.5 Å². The second-order valence-electron chi connectivity index (χ2n) is 5.67. The second-order valence-corrected chi connectivity index (χ2v) is 6.10. The summed E-state index contributed by atoms with van der Waals surface area (Å²) in [7, 11) is 0. The largest absolute Gasteiger partial charge is 0.483 e. The van der Waals surface area contributed by atoms with E-state index in [0.717, 1.165) is 41.4 Å². The van der Waals surface area contributed by atoms with E-state index in [-0.39, 0.29) is 12.2 Å². The van der Waals surface area contributed by atoms with Crippen LogP contribution in [0.3, 0.4) is 0 Å². The van der Waals surface area contributed by atoms with E-state index in [4.69, 9.17) is 21.1 Å².